The molecule has 32 heavy (non-hydrogen) atoms. The fourth-order valence-electron chi connectivity index (χ4n) is 5.05. The molecule has 0 saturated heterocycles. The van der Waals surface area contributed by atoms with Gasteiger partial charge in [-0.1, -0.05) is 78.9 Å². The Balaban J connectivity index is 1.57. The molecule has 2 heterocycles. The first-order valence-electron chi connectivity index (χ1n) is 11.0. The maximum Gasteiger partial charge on any atom is 0.0562 e. The van der Waals surface area contributed by atoms with Crippen LogP contribution in [0.3, 0.4) is 0 Å². The molecule has 0 fully saturated rings. The predicted octanol–water partition coefficient (Wildman–Crippen LogP) is 8.09. The highest BCUT2D eigenvalue weighted by atomic mass is 15.0. The van der Waals surface area contributed by atoms with Crippen LogP contribution >= 0.6 is 0 Å². The summed E-state index contributed by atoms with van der Waals surface area (Å²) in [6, 6.07) is 41.3. The van der Waals surface area contributed by atoms with Gasteiger partial charge < -0.3 is 9.55 Å². The summed E-state index contributed by atoms with van der Waals surface area (Å²) < 4.78 is 2.39. The van der Waals surface area contributed by atoms with Crippen molar-refractivity contribution in [3.8, 4) is 16.8 Å². The molecular weight excluding hydrogens is 388 g/mol. The molecule has 7 aromatic rings. The Bertz CT molecular complexity index is 1770. The van der Waals surface area contributed by atoms with Gasteiger partial charge in [0.05, 0.1) is 11.0 Å². The standard InChI is InChI=1S/C30H20N2/c1-2-9-20(10-3-1)21-11-8-12-22(17-21)32-29-16-7-5-14-24(29)26-18-25-23-13-4-6-15-27(23)31-28(25)19-30(26)32/h1-19,31H. The van der Waals surface area contributed by atoms with Gasteiger partial charge in [0.1, 0.15) is 0 Å². The van der Waals surface area contributed by atoms with Gasteiger partial charge in [-0.2, -0.15) is 0 Å². The maximum absolute atomic E-state index is 3.62. The maximum atomic E-state index is 3.62. The first-order chi connectivity index (χ1) is 15.9. The van der Waals surface area contributed by atoms with Gasteiger partial charge in [-0.05, 0) is 47.5 Å². The Labute approximate surface area is 185 Å². The molecule has 2 aromatic heterocycles. The molecule has 0 aliphatic carbocycles. The third kappa shape index (κ3) is 2.47. The van der Waals surface area contributed by atoms with Gasteiger partial charge in [0.2, 0.25) is 0 Å². The normalized spacial score (nSPS) is 11.8. The highest BCUT2D eigenvalue weighted by Gasteiger charge is 2.15. The minimum atomic E-state index is 1.17. The van der Waals surface area contributed by atoms with Crippen LogP contribution in [0.5, 0.6) is 0 Å². The van der Waals surface area contributed by atoms with E-state index in [0.717, 1.165) is 0 Å². The minimum Gasteiger partial charge on any atom is -0.354 e. The molecule has 0 spiro atoms. The van der Waals surface area contributed by atoms with Crippen LogP contribution in [0.1, 0.15) is 0 Å². The molecule has 1 N–H and O–H groups in total. The Morgan fingerprint density at radius 1 is 0.438 bits per heavy atom. The second kappa shape index (κ2) is 6.60. The first kappa shape index (κ1) is 17.4. The van der Waals surface area contributed by atoms with Crippen LogP contribution in [0, 0.1) is 0 Å². The molecule has 2 heteroatoms. The van der Waals surface area contributed by atoms with Crippen molar-refractivity contribution in [3.05, 3.63) is 115 Å². The Hall–Kier alpha value is -4.30. The second-order valence-electron chi connectivity index (χ2n) is 8.35. The monoisotopic (exact) mass is 408 g/mol. The molecule has 0 bridgehead atoms. The van der Waals surface area contributed by atoms with Crippen molar-refractivity contribution in [1.29, 1.82) is 0 Å². The molecule has 0 radical (unpaired) electrons. The van der Waals surface area contributed by atoms with Crippen molar-refractivity contribution >= 4 is 43.6 Å². The number of aromatic nitrogens is 2. The summed E-state index contributed by atoms with van der Waals surface area (Å²) in [7, 11) is 0. The van der Waals surface area contributed by atoms with E-state index in [-0.39, 0.29) is 0 Å². The van der Waals surface area contributed by atoms with Crippen LogP contribution < -0.4 is 0 Å². The summed E-state index contributed by atoms with van der Waals surface area (Å²) in [6.07, 6.45) is 0. The zero-order valence-corrected chi connectivity index (χ0v) is 17.4. The summed E-state index contributed by atoms with van der Waals surface area (Å²) in [5.41, 5.74) is 8.42. The fraction of sp³-hybridized carbons (Fsp3) is 0. The van der Waals surface area contributed by atoms with E-state index in [0.29, 0.717) is 0 Å². The van der Waals surface area contributed by atoms with Gasteiger partial charge in [0.25, 0.3) is 0 Å². The summed E-state index contributed by atoms with van der Waals surface area (Å²) >= 11 is 0. The molecule has 2 nitrogen and oxygen atoms in total. The molecule has 0 saturated carbocycles. The number of hydrogen-bond acceptors (Lipinski definition) is 0. The number of rotatable bonds is 2. The molecule has 0 aliphatic rings. The van der Waals surface area contributed by atoms with Crippen molar-refractivity contribution in [2.45, 2.75) is 0 Å². The van der Waals surface area contributed by atoms with Crippen LogP contribution in [0.15, 0.2) is 115 Å². The average molecular weight is 409 g/mol. The lowest BCUT2D eigenvalue weighted by Gasteiger charge is -2.10. The van der Waals surface area contributed by atoms with Gasteiger partial charge in [-0.15, -0.1) is 0 Å². The molecule has 0 amide bonds. The van der Waals surface area contributed by atoms with E-state index in [4.69, 9.17) is 0 Å². The summed E-state index contributed by atoms with van der Waals surface area (Å²) in [5, 5.41) is 5.10. The largest absolute Gasteiger partial charge is 0.354 e. The van der Waals surface area contributed by atoms with Gasteiger partial charge in [-0.3, -0.25) is 0 Å². The lowest BCUT2D eigenvalue weighted by Crippen LogP contribution is -1.94. The minimum absolute atomic E-state index is 1.17. The number of hydrogen-bond donors (Lipinski definition) is 1. The molecular formula is C30H20N2. The van der Waals surface area contributed by atoms with Crippen LogP contribution in [0.4, 0.5) is 0 Å². The Morgan fingerprint density at radius 2 is 1.19 bits per heavy atom. The van der Waals surface area contributed by atoms with E-state index in [1.807, 2.05) is 0 Å². The number of H-pyrrole nitrogens is 1. The predicted molar refractivity (Wildman–Crippen MR) is 136 cm³/mol. The van der Waals surface area contributed by atoms with Gasteiger partial charge in [0, 0.05) is 38.3 Å². The summed E-state index contributed by atoms with van der Waals surface area (Å²) in [5.74, 6) is 0. The number of benzene rings is 5. The van der Waals surface area contributed by atoms with E-state index < -0.39 is 0 Å². The van der Waals surface area contributed by atoms with Crippen LogP contribution in [0.2, 0.25) is 0 Å². The van der Waals surface area contributed by atoms with E-state index in [1.165, 1.54) is 60.4 Å². The number of para-hydroxylation sites is 2. The number of fused-ring (bicyclic) bond motifs is 6. The summed E-state index contributed by atoms with van der Waals surface area (Å²) in [4.78, 5) is 3.62. The van der Waals surface area contributed by atoms with Gasteiger partial charge >= 0.3 is 0 Å². The molecule has 150 valence electrons. The SMILES string of the molecule is c1ccc(-c2cccc(-n3c4ccccc4c4cc5c(cc43)[nH]c3ccccc35)c2)cc1. The van der Waals surface area contributed by atoms with Crippen molar-refractivity contribution in [2.75, 3.05) is 0 Å². The smallest absolute Gasteiger partial charge is 0.0562 e. The molecule has 0 aliphatic heterocycles. The fourth-order valence-corrected chi connectivity index (χ4v) is 5.05. The van der Waals surface area contributed by atoms with Crippen LogP contribution in [-0.2, 0) is 0 Å². The van der Waals surface area contributed by atoms with E-state index >= 15 is 0 Å². The van der Waals surface area contributed by atoms with Crippen molar-refractivity contribution in [2.24, 2.45) is 0 Å². The average Bonchev–Trinajstić information content (AvgIpc) is 3.38. The van der Waals surface area contributed by atoms with Crippen molar-refractivity contribution < 1.29 is 0 Å². The third-order valence-electron chi connectivity index (χ3n) is 6.51. The Kier molecular flexibility index (Phi) is 3.58. The zero-order chi connectivity index (χ0) is 21.1. The van der Waals surface area contributed by atoms with Gasteiger partial charge in [0.15, 0.2) is 0 Å². The molecule has 0 atom stereocenters. The van der Waals surface area contributed by atoms with Crippen molar-refractivity contribution in [1.82, 2.24) is 9.55 Å². The quantitative estimate of drug-likeness (QED) is 0.298. The lowest BCUT2D eigenvalue weighted by molar-refractivity contribution is 1.18. The lowest BCUT2D eigenvalue weighted by atomic mass is 10.1. The van der Waals surface area contributed by atoms with E-state index in [2.05, 4.69) is 125 Å². The highest BCUT2D eigenvalue weighted by Crippen LogP contribution is 2.37. The number of nitrogens with one attached hydrogen (secondary N) is 1. The second-order valence-corrected chi connectivity index (χ2v) is 8.35. The van der Waals surface area contributed by atoms with Crippen LogP contribution in [0.25, 0.3) is 60.4 Å². The molecule has 7 rings (SSSR count). The number of nitrogens with zero attached hydrogens (tertiary/aromatic N) is 1. The first-order valence-corrected chi connectivity index (χ1v) is 11.0. The van der Waals surface area contributed by atoms with Gasteiger partial charge in [-0.25, -0.2) is 0 Å². The van der Waals surface area contributed by atoms with Crippen LogP contribution in [-0.4, -0.2) is 9.55 Å². The summed E-state index contributed by atoms with van der Waals surface area (Å²) in [6.45, 7) is 0. The van der Waals surface area contributed by atoms with E-state index in [9.17, 15) is 0 Å². The van der Waals surface area contributed by atoms with E-state index in [1.54, 1.807) is 0 Å². The molecule has 5 aromatic carbocycles. The Morgan fingerprint density at radius 3 is 2.09 bits per heavy atom. The highest BCUT2D eigenvalue weighted by molar-refractivity contribution is 6.18. The zero-order valence-electron chi connectivity index (χ0n) is 17.4. The topological polar surface area (TPSA) is 20.7 Å². The number of aromatic amines is 1. The third-order valence-corrected chi connectivity index (χ3v) is 6.51. The van der Waals surface area contributed by atoms with Crippen molar-refractivity contribution in [3.63, 3.8) is 0 Å². The molecule has 0 unspecified atom stereocenters.